The lowest BCUT2D eigenvalue weighted by atomic mass is 10.1. The number of alkyl halides is 2. The van der Waals surface area contributed by atoms with Gasteiger partial charge >= 0.3 is 6.61 Å². The first-order chi connectivity index (χ1) is 14.4. The summed E-state index contributed by atoms with van der Waals surface area (Å²) in [6, 6.07) is 10.8. The zero-order chi connectivity index (χ0) is 21.9. The van der Waals surface area contributed by atoms with Crippen LogP contribution < -0.4 is 20.7 Å². The largest absolute Gasteiger partial charge is 0.434 e. The average Bonchev–Trinajstić information content (AvgIpc) is 2.69. The Hall–Kier alpha value is -3.23. The number of guanidine groups is 1. The van der Waals surface area contributed by atoms with Crippen molar-refractivity contribution in [1.29, 1.82) is 0 Å². The van der Waals surface area contributed by atoms with Gasteiger partial charge < -0.3 is 20.7 Å². The Labute approximate surface area is 173 Å². The monoisotopic (exact) mass is 422 g/mol. The number of nitrogens with one attached hydrogen (secondary N) is 3. The number of amides is 1. The van der Waals surface area contributed by atoms with E-state index in [4.69, 9.17) is 0 Å². The van der Waals surface area contributed by atoms with Crippen molar-refractivity contribution in [2.75, 3.05) is 20.1 Å². The highest BCUT2D eigenvalue weighted by Crippen LogP contribution is 2.21. The first kappa shape index (κ1) is 23.1. The summed E-state index contributed by atoms with van der Waals surface area (Å²) < 4.78 is 42.8. The molecule has 2 rings (SSSR count). The van der Waals surface area contributed by atoms with Gasteiger partial charge in [0.05, 0.1) is 6.42 Å². The third-order valence-corrected chi connectivity index (χ3v) is 4.10. The maximum Gasteiger partial charge on any atom is 0.387 e. The Morgan fingerprint density at radius 3 is 2.57 bits per heavy atom. The summed E-state index contributed by atoms with van der Waals surface area (Å²) in [7, 11) is 1.57. The lowest BCUT2D eigenvalue weighted by molar-refractivity contribution is -0.120. The number of carbonyl (C=O) groups excluding carboxylic acids is 1. The molecule has 0 saturated heterocycles. The number of nitrogens with zero attached hydrogens (tertiary/aromatic N) is 1. The number of halogens is 3. The molecule has 0 unspecified atom stereocenters. The van der Waals surface area contributed by atoms with Crippen molar-refractivity contribution in [3.05, 3.63) is 65.0 Å². The highest BCUT2D eigenvalue weighted by atomic mass is 19.3. The minimum Gasteiger partial charge on any atom is -0.434 e. The van der Waals surface area contributed by atoms with Crippen molar-refractivity contribution in [2.24, 2.45) is 4.99 Å². The van der Waals surface area contributed by atoms with Crippen LogP contribution in [-0.2, 0) is 17.8 Å². The fourth-order valence-corrected chi connectivity index (χ4v) is 2.73. The maximum absolute atomic E-state index is 13.1. The van der Waals surface area contributed by atoms with Gasteiger partial charge in [-0.3, -0.25) is 9.79 Å². The number of rotatable bonds is 9. The van der Waals surface area contributed by atoms with Gasteiger partial charge in [0.25, 0.3) is 0 Å². The normalized spacial score (nSPS) is 11.3. The minimum absolute atomic E-state index is 0.0883. The number of hydrogen-bond donors (Lipinski definition) is 3. The fraction of sp³-hybridized carbons (Fsp3) is 0.333. The molecular weight excluding hydrogens is 397 g/mol. The predicted molar refractivity (Wildman–Crippen MR) is 109 cm³/mol. The first-order valence-electron chi connectivity index (χ1n) is 9.37. The highest BCUT2D eigenvalue weighted by molar-refractivity contribution is 5.80. The van der Waals surface area contributed by atoms with Gasteiger partial charge in [0.2, 0.25) is 5.91 Å². The number of ether oxygens (including phenoxy) is 1. The highest BCUT2D eigenvalue weighted by Gasteiger charge is 2.10. The van der Waals surface area contributed by atoms with Gasteiger partial charge in [0, 0.05) is 32.2 Å². The summed E-state index contributed by atoms with van der Waals surface area (Å²) in [5.41, 5.74) is 2.08. The van der Waals surface area contributed by atoms with Crippen LogP contribution in [0.15, 0.2) is 47.5 Å². The molecule has 0 bridgehead atoms. The van der Waals surface area contributed by atoms with Gasteiger partial charge in [-0.1, -0.05) is 29.8 Å². The molecule has 0 heterocycles. The molecule has 2 aromatic rings. The molecule has 0 fully saturated rings. The minimum atomic E-state index is -2.90. The number of hydrogen-bond acceptors (Lipinski definition) is 3. The van der Waals surface area contributed by atoms with Crippen LogP contribution in [-0.4, -0.2) is 38.6 Å². The Morgan fingerprint density at radius 1 is 1.10 bits per heavy atom. The van der Waals surface area contributed by atoms with Gasteiger partial charge in [-0.15, -0.1) is 0 Å². The summed E-state index contributed by atoms with van der Waals surface area (Å²) >= 11 is 0. The molecule has 162 valence electrons. The van der Waals surface area contributed by atoms with E-state index in [-0.39, 0.29) is 30.4 Å². The molecule has 6 nitrogen and oxygen atoms in total. The molecule has 0 aromatic heterocycles. The fourth-order valence-electron chi connectivity index (χ4n) is 2.73. The third-order valence-electron chi connectivity index (χ3n) is 4.10. The van der Waals surface area contributed by atoms with Crippen LogP contribution in [0.25, 0.3) is 0 Å². The molecule has 9 heteroatoms. The zero-order valence-corrected chi connectivity index (χ0v) is 16.8. The molecule has 0 atom stereocenters. The van der Waals surface area contributed by atoms with E-state index in [9.17, 15) is 18.0 Å². The van der Waals surface area contributed by atoms with Crippen molar-refractivity contribution < 1.29 is 22.7 Å². The third kappa shape index (κ3) is 8.02. The molecule has 0 spiro atoms. The molecular formula is C21H25F3N4O2. The van der Waals surface area contributed by atoms with E-state index < -0.39 is 6.61 Å². The quantitative estimate of drug-likeness (QED) is 0.330. The zero-order valence-electron chi connectivity index (χ0n) is 16.8. The lowest BCUT2D eigenvalue weighted by Gasteiger charge is -2.15. The number of carbonyl (C=O) groups is 1. The van der Waals surface area contributed by atoms with E-state index in [1.54, 1.807) is 31.3 Å². The number of aliphatic imine (C=N–C) groups is 1. The molecule has 3 N–H and O–H groups in total. The SMILES string of the molecule is CN=C(NCCNC(=O)Cc1cccc(F)c1)NCc1cc(C)ccc1OC(F)F. The first-order valence-corrected chi connectivity index (χ1v) is 9.37. The number of aryl methyl sites for hydroxylation is 1. The molecule has 2 aromatic carbocycles. The summed E-state index contributed by atoms with van der Waals surface area (Å²) in [5, 5.41) is 8.77. The van der Waals surface area contributed by atoms with Crippen molar-refractivity contribution in [3.8, 4) is 5.75 Å². The molecule has 30 heavy (non-hydrogen) atoms. The van der Waals surface area contributed by atoms with Crippen LogP contribution in [0.4, 0.5) is 13.2 Å². The Balaban J connectivity index is 1.76. The Kier molecular flexibility index (Phi) is 8.99. The van der Waals surface area contributed by atoms with Crippen LogP contribution in [0, 0.1) is 12.7 Å². The van der Waals surface area contributed by atoms with Gasteiger partial charge in [0.15, 0.2) is 5.96 Å². The van der Waals surface area contributed by atoms with Gasteiger partial charge in [-0.2, -0.15) is 8.78 Å². The van der Waals surface area contributed by atoms with E-state index in [0.717, 1.165) is 5.56 Å². The molecule has 0 saturated carbocycles. The van der Waals surface area contributed by atoms with Crippen molar-refractivity contribution in [1.82, 2.24) is 16.0 Å². The maximum atomic E-state index is 13.1. The van der Waals surface area contributed by atoms with Crippen molar-refractivity contribution >= 4 is 11.9 Å². The second kappa shape index (κ2) is 11.7. The molecule has 0 radical (unpaired) electrons. The van der Waals surface area contributed by atoms with Crippen LogP contribution in [0.2, 0.25) is 0 Å². The van der Waals surface area contributed by atoms with Gasteiger partial charge in [-0.05, 0) is 30.7 Å². The van der Waals surface area contributed by atoms with Crippen LogP contribution >= 0.6 is 0 Å². The standard InChI is InChI=1S/C21H25F3N4O2/c1-14-6-7-18(30-20(23)24)16(10-14)13-28-21(25-2)27-9-8-26-19(29)12-15-4-3-5-17(22)11-15/h3-7,10-11,20H,8-9,12-13H2,1-2H3,(H,26,29)(H2,25,27,28). The van der Waals surface area contributed by atoms with E-state index in [1.165, 1.54) is 18.2 Å². The van der Waals surface area contributed by atoms with Gasteiger partial charge in [-0.25, -0.2) is 4.39 Å². The second-order valence-electron chi connectivity index (χ2n) is 6.50. The van der Waals surface area contributed by atoms with Crippen molar-refractivity contribution in [3.63, 3.8) is 0 Å². The van der Waals surface area contributed by atoms with Crippen LogP contribution in [0.1, 0.15) is 16.7 Å². The van der Waals surface area contributed by atoms with E-state index in [2.05, 4.69) is 25.7 Å². The molecule has 0 aliphatic carbocycles. The Morgan fingerprint density at radius 2 is 1.87 bits per heavy atom. The molecule has 0 aliphatic rings. The summed E-state index contributed by atoms with van der Waals surface area (Å²) in [6.07, 6.45) is 0.0883. The van der Waals surface area contributed by atoms with E-state index >= 15 is 0 Å². The van der Waals surface area contributed by atoms with Crippen LogP contribution in [0.5, 0.6) is 5.75 Å². The Bertz CT molecular complexity index is 875. The van der Waals surface area contributed by atoms with Gasteiger partial charge in [0.1, 0.15) is 11.6 Å². The molecule has 1 amide bonds. The smallest absolute Gasteiger partial charge is 0.387 e. The average molecular weight is 422 g/mol. The topological polar surface area (TPSA) is 74.8 Å². The number of benzene rings is 2. The summed E-state index contributed by atoms with van der Waals surface area (Å²) in [6.45, 7) is -0.0910. The van der Waals surface area contributed by atoms with E-state index in [1.807, 2.05) is 6.92 Å². The van der Waals surface area contributed by atoms with Crippen LogP contribution in [0.3, 0.4) is 0 Å². The second-order valence-corrected chi connectivity index (χ2v) is 6.50. The molecule has 0 aliphatic heterocycles. The summed E-state index contributed by atoms with van der Waals surface area (Å²) in [4.78, 5) is 16.0. The predicted octanol–water partition coefficient (Wildman–Crippen LogP) is 2.76. The van der Waals surface area contributed by atoms with E-state index in [0.29, 0.717) is 30.2 Å². The van der Waals surface area contributed by atoms with Crippen molar-refractivity contribution in [2.45, 2.75) is 26.5 Å². The lowest BCUT2D eigenvalue weighted by Crippen LogP contribution is -2.41. The summed E-state index contributed by atoms with van der Waals surface area (Å²) in [5.74, 6) is -0.0616.